The minimum absolute atomic E-state index is 0.0280. The van der Waals surface area contributed by atoms with Crippen LogP contribution in [0.4, 0.5) is 0 Å². The molecule has 1 N–H and O–H groups in total. The van der Waals surface area contributed by atoms with Crippen LogP contribution in [0, 0.1) is 13.8 Å². The molecule has 0 saturated heterocycles. The molecule has 2 aromatic heterocycles. The summed E-state index contributed by atoms with van der Waals surface area (Å²) in [5.41, 5.74) is 1.14. The van der Waals surface area contributed by atoms with E-state index in [1.54, 1.807) is 37.1 Å². The number of carbonyl (C=O) groups excluding carboxylic acids is 1. The molecule has 5 nitrogen and oxygen atoms in total. The molecule has 6 heteroatoms. The second-order valence-electron chi connectivity index (χ2n) is 5.41. The molecule has 118 valence electrons. The summed E-state index contributed by atoms with van der Waals surface area (Å²) in [5, 5.41) is 2.00. The Bertz CT molecular complexity index is 707. The summed E-state index contributed by atoms with van der Waals surface area (Å²) in [6, 6.07) is 4.05. The lowest BCUT2D eigenvalue weighted by molar-refractivity contribution is -0.131. The topological polar surface area (TPSA) is 66.1 Å². The summed E-state index contributed by atoms with van der Waals surface area (Å²) >= 11 is 1.64. The second kappa shape index (κ2) is 6.87. The smallest absolute Gasteiger partial charge is 0.254 e. The Balaban J connectivity index is 2.03. The third kappa shape index (κ3) is 3.62. The number of aryl methyl sites for hydroxylation is 2. The molecule has 2 heterocycles. The molecular weight excluding hydrogens is 298 g/mol. The molecule has 2 aromatic rings. The first-order valence-electron chi connectivity index (χ1n) is 7.25. The molecule has 0 saturated carbocycles. The van der Waals surface area contributed by atoms with Crippen LogP contribution < -0.4 is 5.56 Å². The van der Waals surface area contributed by atoms with Crippen LogP contribution in [0.1, 0.15) is 41.3 Å². The van der Waals surface area contributed by atoms with Crippen molar-refractivity contribution in [2.75, 3.05) is 7.05 Å². The zero-order chi connectivity index (χ0) is 16.3. The predicted molar refractivity (Wildman–Crippen MR) is 88.2 cm³/mol. The summed E-state index contributed by atoms with van der Waals surface area (Å²) in [6.07, 6.45) is 0.718. The van der Waals surface area contributed by atoms with E-state index < -0.39 is 0 Å². The molecule has 0 aliphatic heterocycles. The van der Waals surface area contributed by atoms with Crippen LogP contribution in [-0.2, 0) is 11.2 Å². The largest absolute Gasteiger partial charge is 0.338 e. The fraction of sp³-hybridized carbons (Fsp3) is 0.438. The van der Waals surface area contributed by atoms with E-state index in [0.29, 0.717) is 29.9 Å². The van der Waals surface area contributed by atoms with Gasteiger partial charge in [0, 0.05) is 29.6 Å². The molecule has 0 aliphatic rings. The van der Waals surface area contributed by atoms with Crippen molar-refractivity contribution < 1.29 is 4.79 Å². The minimum Gasteiger partial charge on any atom is -0.338 e. The highest BCUT2D eigenvalue weighted by Crippen LogP contribution is 2.24. The van der Waals surface area contributed by atoms with E-state index in [9.17, 15) is 9.59 Å². The predicted octanol–water partition coefficient (Wildman–Crippen LogP) is 2.60. The van der Waals surface area contributed by atoms with Gasteiger partial charge in [0.25, 0.3) is 5.56 Å². The molecule has 0 bridgehead atoms. The maximum absolute atomic E-state index is 12.3. The van der Waals surface area contributed by atoms with Crippen LogP contribution in [0.3, 0.4) is 0 Å². The molecule has 0 aromatic carbocycles. The van der Waals surface area contributed by atoms with Crippen LogP contribution in [0.2, 0.25) is 0 Å². The standard InChI is InChI=1S/C16H21N3O2S/c1-10-13(16(21)18-12(3)17-10)7-8-15(20)19(4)11(2)14-6-5-9-22-14/h5-6,9,11H,7-8H2,1-4H3,(H,17,18,21). The molecular formula is C16H21N3O2S. The Labute approximate surface area is 134 Å². The normalized spacial score (nSPS) is 12.2. The number of H-pyrrole nitrogens is 1. The Kier molecular flexibility index (Phi) is 5.13. The Morgan fingerprint density at radius 1 is 1.45 bits per heavy atom. The fourth-order valence-electron chi connectivity index (χ4n) is 2.39. The first-order chi connectivity index (χ1) is 10.4. The van der Waals surface area contributed by atoms with Crippen molar-refractivity contribution >= 4 is 17.2 Å². The van der Waals surface area contributed by atoms with Gasteiger partial charge in [-0.15, -0.1) is 11.3 Å². The van der Waals surface area contributed by atoms with Crippen LogP contribution in [0.5, 0.6) is 0 Å². The Morgan fingerprint density at radius 3 is 2.77 bits per heavy atom. The summed E-state index contributed by atoms with van der Waals surface area (Å²) in [4.78, 5) is 34.1. The lowest BCUT2D eigenvalue weighted by atomic mass is 10.1. The number of carbonyl (C=O) groups is 1. The van der Waals surface area contributed by atoms with Crippen molar-refractivity contribution in [3.63, 3.8) is 0 Å². The summed E-state index contributed by atoms with van der Waals surface area (Å²) < 4.78 is 0. The monoisotopic (exact) mass is 319 g/mol. The third-order valence-corrected chi connectivity index (χ3v) is 4.90. The zero-order valence-corrected chi connectivity index (χ0v) is 14.2. The van der Waals surface area contributed by atoms with Gasteiger partial charge in [-0.1, -0.05) is 6.07 Å². The van der Waals surface area contributed by atoms with Crippen molar-refractivity contribution in [1.82, 2.24) is 14.9 Å². The molecule has 1 amide bonds. The van der Waals surface area contributed by atoms with Crippen molar-refractivity contribution in [3.05, 3.63) is 49.8 Å². The van der Waals surface area contributed by atoms with E-state index in [1.165, 1.54) is 0 Å². The first-order valence-corrected chi connectivity index (χ1v) is 8.13. The molecule has 1 atom stereocenters. The van der Waals surface area contributed by atoms with Gasteiger partial charge in [-0.25, -0.2) is 4.98 Å². The van der Waals surface area contributed by atoms with Gasteiger partial charge in [0.05, 0.1) is 6.04 Å². The van der Waals surface area contributed by atoms with Gasteiger partial charge in [-0.3, -0.25) is 9.59 Å². The number of aromatic amines is 1. The van der Waals surface area contributed by atoms with Crippen molar-refractivity contribution in [3.8, 4) is 0 Å². The fourth-order valence-corrected chi connectivity index (χ4v) is 3.22. The van der Waals surface area contributed by atoms with Crippen molar-refractivity contribution in [1.29, 1.82) is 0 Å². The van der Waals surface area contributed by atoms with E-state index in [1.807, 2.05) is 24.4 Å². The first kappa shape index (κ1) is 16.4. The maximum atomic E-state index is 12.3. The van der Waals surface area contributed by atoms with Gasteiger partial charge < -0.3 is 9.88 Å². The Morgan fingerprint density at radius 2 is 2.18 bits per heavy atom. The van der Waals surface area contributed by atoms with Crippen LogP contribution >= 0.6 is 11.3 Å². The average Bonchev–Trinajstić information content (AvgIpc) is 2.98. The molecule has 0 fully saturated rings. The molecule has 0 aliphatic carbocycles. The van der Waals surface area contributed by atoms with E-state index >= 15 is 0 Å². The van der Waals surface area contributed by atoms with Gasteiger partial charge in [0.15, 0.2) is 0 Å². The van der Waals surface area contributed by atoms with Crippen molar-refractivity contribution in [2.45, 2.75) is 39.7 Å². The number of nitrogens with one attached hydrogen (secondary N) is 1. The number of amides is 1. The highest BCUT2D eigenvalue weighted by molar-refractivity contribution is 7.10. The van der Waals surface area contributed by atoms with Gasteiger partial charge in [0.2, 0.25) is 5.91 Å². The quantitative estimate of drug-likeness (QED) is 0.921. The van der Waals surface area contributed by atoms with Gasteiger partial charge in [-0.05, 0) is 38.6 Å². The van der Waals surface area contributed by atoms with Crippen molar-refractivity contribution in [2.24, 2.45) is 0 Å². The molecule has 1 unspecified atom stereocenters. The summed E-state index contributed by atoms with van der Waals surface area (Å²) in [7, 11) is 1.80. The minimum atomic E-state index is -0.147. The molecule has 22 heavy (non-hydrogen) atoms. The summed E-state index contributed by atoms with van der Waals surface area (Å²) in [5.74, 6) is 0.626. The second-order valence-corrected chi connectivity index (χ2v) is 6.39. The molecule has 0 spiro atoms. The Hall–Kier alpha value is -1.95. The summed E-state index contributed by atoms with van der Waals surface area (Å²) in [6.45, 7) is 5.56. The van der Waals surface area contributed by atoms with E-state index in [4.69, 9.17) is 0 Å². The lowest BCUT2D eigenvalue weighted by Crippen LogP contribution is -2.30. The van der Waals surface area contributed by atoms with Crippen LogP contribution in [0.25, 0.3) is 0 Å². The number of hydrogen-bond donors (Lipinski definition) is 1. The van der Waals surface area contributed by atoms with E-state index in [0.717, 1.165) is 4.88 Å². The van der Waals surface area contributed by atoms with Gasteiger partial charge >= 0.3 is 0 Å². The van der Waals surface area contributed by atoms with E-state index in [-0.39, 0.29) is 17.5 Å². The number of thiophene rings is 1. The highest BCUT2D eigenvalue weighted by atomic mass is 32.1. The number of aromatic nitrogens is 2. The number of hydrogen-bond acceptors (Lipinski definition) is 4. The SMILES string of the molecule is Cc1nc(C)c(CCC(=O)N(C)C(C)c2cccs2)c(=O)[nH]1. The molecule has 0 radical (unpaired) electrons. The molecule has 2 rings (SSSR count). The van der Waals surface area contributed by atoms with Gasteiger partial charge in [0.1, 0.15) is 5.82 Å². The van der Waals surface area contributed by atoms with E-state index in [2.05, 4.69) is 9.97 Å². The van der Waals surface area contributed by atoms with Crippen LogP contribution in [0.15, 0.2) is 22.3 Å². The van der Waals surface area contributed by atoms with Gasteiger partial charge in [-0.2, -0.15) is 0 Å². The maximum Gasteiger partial charge on any atom is 0.254 e. The zero-order valence-electron chi connectivity index (χ0n) is 13.3. The average molecular weight is 319 g/mol. The van der Waals surface area contributed by atoms with Crippen LogP contribution in [-0.4, -0.2) is 27.8 Å². The lowest BCUT2D eigenvalue weighted by Gasteiger charge is -2.24. The third-order valence-electron chi connectivity index (χ3n) is 3.86. The number of rotatable bonds is 5. The number of nitrogens with zero attached hydrogens (tertiary/aromatic N) is 2. The highest BCUT2D eigenvalue weighted by Gasteiger charge is 2.19.